The van der Waals surface area contributed by atoms with Crippen molar-refractivity contribution in [3.63, 3.8) is 0 Å². The Kier molecular flexibility index (Phi) is 16.6. The molecule has 0 aliphatic heterocycles. The molecule has 0 saturated heterocycles. The number of hydrogen-bond acceptors (Lipinski definition) is 3. The molecule has 0 heterocycles. The summed E-state index contributed by atoms with van der Waals surface area (Å²) in [6, 6.07) is 0. The number of rotatable bonds is 15. The molecule has 0 bridgehead atoms. The predicted octanol–water partition coefficient (Wildman–Crippen LogP) is 4.71. The van der Waals surface area contributed by atoms with Crippen molar-refractivity contribution in [3.8, 4) is 0 Å². The molecule has 0 aromatic carbocycles. The van der Waals surface area contributed by atoms with E-state index in [1.165, 1.54) is 0 Å². The molecular weight excluding hydrogens is 328 g/mol. The van der Waals surface area contributed by atoms with Crippen LogP contribution in [0.5, 0.6) is 0 Å². The van der Waals surface area contributed by atoms with Crippen molar-refractivity contribution < 1.29 is 20.1 Å². The van der Waals surface area contributed by atoms with E-state index < -0.39 is 18.2 Å². The van der Waals surface area contributed by atoms with E-state index in [0.29, 0.717) is 25.7 Å². The molecule has 0 spiro atoms. The number of carboxylic acid groups (broad SMARTS) is 1. The van der Waals surface area contributed by atoms with Gasteiger partial charge in [0.15, 0.2) is 0 Å². The third-order valence-electron chi connectivity index (χ3n) is 3.61. The largest absolute Gasteiger partial charge is 0.481 e. The fourth-order valence-corrected chi connectivity index (χ4v) is 2.09. The smallest absolute Gasteiger partial charge is 0.303 e. The number of aliphatic hydroxyl groups excluding tert-OH is 2. The molecule has 2 atom stereocenters. The van der Waals surface area contributed by atoms with Crippen molar-refractivity contribution in [2.45, 2.75) is 70.5 Å². The van der Waals surface area contributed by atoms with Crippen LogP contribution in [0.2, 0.25) is 0 Å². The quantitative estimate of drug-likeness (QED) is 0.369. The summed E-state index contributed by atoms with van der Waals surface area (Å²) in [7, 11) is 0. The van der Waals surface area contributed by atoms with Gasteiger partial charge >= 0.3 is 5.97 Å². The Morgan fingerprint density at radius 3 is 1.62 bits per heavy atom. The van der Waals surface area contributed by atoms with Crippen molar-refractivity contribution >= 4 is 5.97 Å². The molecule has 0 aromatic rings. The lowest BCUT2D eigenvalue weighted by atomic mass is 10.1. The highest BCUT2D eigenvalue weighted by atomic mass is 16.4. The maximum Gasteiger partial charge on any atom is 0.303 e. The maximum atomic E-state index is 10.3. The fraction of sp³-hybridized carbons (Fsp3) is 0.500. The number of allylic oxidation sites excluding steroid dienone is 8. The topological polar surface area (TPSA) is 77.8 Å². The van der Waals surface area contributed by atoms with Gasteiger partial charge in [0.25, 0.3) is 0 Å². The second-order valence-electron chi connectivity index (χ2n) is 6.01. The van der Waals surface area contributed by atoms with E-state index in [1.54, 1.807) is 0 Å². The number of carbonyl (C=O) groups is 1. The molecule has 0 aliphatic rings. The minimum atomic E-state index is -0.795. The average molecular weight is 363 g/mol. The van der Waals surface area contributed by atoms with Gasteiger partial charge in [0.2, 0.25) is 0 Å². The molecule has 3 N–H and O–H groups in total. The molecule has 26 heavy (non-hydrogen) atoms. The molecule has 0 fully saturated rings. The Morgan fingerprint density at radius 2 is 1.15 bits per heavy atom. The number of aliphatic carboxylic acids is 1. The highest BCUT2D eigenvalue weighted by Crippen LogP contribution is 2.06. The van der Waals surface area contributed by atoms with E-state index in [2.05, 4.69) is 31.2 Å². The minimum absolute atomic E-state index is 0.143. The summed E-state index contributed by atoms with van der Waals surface area (Å²) in [5.41, 5.74) is 0. The maximum absolute atomic E-state index is 10.3. The van der Waals surface area contributed by atoms with E-state index in [9.17, 15) is 15.0 Å². The lowest BCUT2D eigenvalue weighted by Crippen LogP contribution is -2.24. The monoisotopic (exact) mass is 362 g/mol. The van der Waals surface area contributed by atoms with Crippen LogP contribution in [0.25, 0.3) is 0 Å². The van der Waals surface area contributed by atoms with Crippen LogP contribution < -0.4 is 0 Å². The van der Waals surface area contributed by atoms with Gasteiger partial charge in [0, 0.05) is 6.42 Å². The van der Waals surface area contributed by atoms with Crippen LogP contribution in [0, 0.1) is 0 Å². The first-order valence-corrected chi connectivity index (χ1v) is 9.40. The fourth-order valence-electron chi connectivity index (χ4n) is 2.09. The van der Waals surface area contributed by atoms with E-state index in [0.717, 1.165) is 19.3 Å². The molecule has 0 saturated carbocycles. The Bertz CT molecular complexity index is 486. The van der Waals surface area contributed by atoms with E-state index in [1.807, 2.05) is 36.5 Å². The summed E-state index contributed by atoms with van der Waals surface area (Å²) in [5.74, 6) is -0.795. The van der Waals surface area contributed by atoms with Crippen molar-refractivity contribution in [1.29, 1.82) is 0 Å². The van der Waals surface area contributed by atoms with Crippen LogP contribution in [0.15, 0.2) is 60.8 Å². The van der Waals surface area contributed by atoms with Crippen LogP contribution in [0.4, 0.5) is 0 Å². The number of aliphatic hydroxyl groups is 2. The van der Waals surface area contributed by atoms with Gasteiger partial charge in [0.1, 0.15) is 0 Å². The van der Waals surface area contributed by atoms with Crippen molar-refractivity contribution in [1.82, 2.24) is 0 Å². The first-order valence-electron chi connectivity index (χ1n) is 9.40. The highest BCUT2D eigenvalue weighted by molar-refractivity contribution is 5.66. The summed E-state index contributed by atoms with van der Waals surface area (Å²) in [4.78, 5) is 10.3. The molecule has 146 valence electrons. The van der Waals surface area contributed by atoms with Crippen molar-refractivity contribution in [2.75, 3.05) is 0 Å². The molecule has 0 unspecified atom stereocenters. The van der Waals surface area contributed by atoms with Crippen LogP contribution in [0.3, 0.4) is 0 Å². The summed E-state index contributed by atoms with van der Waals surface area (Å²) in [5, 5.41) is 28.3. The first kappa shape index (κ1) is 24.1. The average Bonchev–Trinajstić information content (AvgIpc) is 2.61. The number of carboxylic acids is 1. The minimum Gasteiger partial charge on any atom is -0.481 e. The van der Waals surface area contributed by atoms with Crippen LogP contribution >= 0.6 is 0 Å². The summed E-state index contributed by atoms with van der Waals surface area (Å²) >= 11 is 0. The molecule has 4 heteroatoms. The first-order chi connectivity index (χ1) is 12.6. The molecule has 0 amide bonds. The van der Waals surface area contributed by atoms with Gasteiger partial charge in [-0.2, -0.15) is 0 Å². The van der Waals surface area contributed by atoms with Crippen LogP contribution in [0.1, 0.15) is 58.3 Å². The van der Waals surface area contributed by atoms with Gasteiger partial charge in [-0.1, -0.05) is 67.7 Å². The molecule has 0 radical (unpaired) electrons. The van der Waals surface area contributed by atoms with Crippen LogP contribution in [-0.2, 0) is 4.79 Å². The lowest BCUT2D eigenvalue weighted by Gasteiger charge is -2.14. The van der Waals surface area contributed by atoms with Gasteiger partial charge in [-0.15, -0.1) is 0 Å². The second-order valence-corrected chi connectivity index (χ2v) is 6.01. The van der Waals surface area contributed by atoms with E-state index >= 15 is 0 Å². The number of hydrogen-bond donors (Lipinski definition) is 3. The summed E-state index contributed by atoms with van der Waals surface area (Å²) in [6.07, 6.45) is 23.4. The third-order valence-corrected chi connectivity index (χ3v) is 3.61. The lowest BCUT2D eigenvalue weighted by molar-refractivity contribution is -0.136. The normalized spacial score (nSPS) is 15.2. The van der Waals surface area contributed by atoms with Gasteiger partial charge in [0.05, 0.1) is 12.2 Å². The zero-order valence-corrected chi connectivity index (χ0v) is 15.8. The van der Waals surface area contributed by atoms with Gasteiger partial charge in [-0.05, 0) is 44.9 Å². The Morgan fingerprint density at radius 1 is 0.731 bits per heavy atom. The standard InChI is InChI=1S/C22H34O4/c1-2-3-4-5-6-7-8-11-14-17-20(23)21(24)18-15-12-9-10-13-16-19-22(25)26/h3-4,6-7,10-15,20-21,23-24H,2,5,8-9,16-19H2,1H3,(H,25,26)/b4-3-,7-6-,13-10-,14-11-,15-12-/t20-,21-/m1/s1. The highest BCUT2D eigenvalue weighted by Gasteiger charge is 2.12. The van der Waals surface area contributed by atoms with Crippen LogP contribution in [-0.4, -0.2) is 33.5 Å². The Labute approximate surface area is 157 Å². The molecule has 4 nitrogen and oxygen atoms in total. The van der Waals surface area contributed by atoms with E-state index in [-0.39, 0.29) is 6.42 Å². The van der Waals surface area contributed by atoms with Gasteiger partial charge in [-0.25, -0.2) is 0 Å². The molecule has 0 aliphatic carbocycles. The predicted molar refractivity (Wildman–Crippen MR) is 108 cm³/mol. The Hall–Kier alpha value is -1.91. The second kappa shape index (κ2) is 17.9. The summed E-state index contributed by atoms with van der Waals surface area (Å²) < 4.78 is 0. The molecule has 0 aromatic heterocycles. The molecular formula is C22H34O4. The molecule has 0 rings (SSSR count). The van der Waals surface area contributed by atoms with Crippen molar-refractivity contribution in [2.24, 2.45) is 0 Å². The Balaban J connectivity index is 3.79. The zero-order chi connectivity index (χ0) is 19.5. The van der Waals surface area contributed by atoms with Gasteiger partial charge in [-0.3, -0.25) is 4.79 Å². The van der Waals surface area contributed by atoms with E-state index in [4.69, 9.17) is 5.11 Å². The zero-order valence-electron chi connectivity index (χ0n) is 15.8. The summed E-state index contributed by atoms with van der Waals surface area (Å²) in [6.45, 7) is 2.11. The van der Waals surface area contributed by atoms with Gasteiger partial charge < -0.3 is 15.3 Å². The van der Waals surface area contributed by atoms with Crippen molar-refractivity contribution in [3.05, 3.63) is 60.8 Å². The SMILES string of the molecule is CC/C=C\C/C=C\C/C=C\C[C@@H](O)[C@H](O)C/C=C\C/C=C\CCC(=O)O. The third kappa shape index (κ3) is 16.9.